The number of rotatable bonds is 6. The SMILES string of the molecule is CC(NS(=O)(=O)CCC1CCCCN1)c1cccs1. The van der Waals surface area contributed by atoms with Crippen LogP contribution in [0.25, 0.3) is 0 Å². The fourth-order valence-corrected chi connectivity index (χ4v) is 4.58. The van der Waals surface area contributed by atoms with Gasteiger partial charge in [0.05, 0.1) is 11.8 Å². The first-order valence-electron chi connectivity index (χ1n) is 6.83. The van der Waals surface area contributed by atoms with Crippen LogP contribution in [0.4, 0.5) is 0 Å². The van der Waals surface area contributed by atoms with Gasteiger partial charge in [-0.1, -0.05) is 12.5 Å². The van der Waals surface area contributed by atoms with Crippen LogP contribution >= 0.6 is 11.3 Å². The fourth-order valence-electron chi connectivity index (χ4n) is 2.39. The van der Waals surface area contributed by atoms with Gasteiger partial charge in [-0.15, -0.1) is 11.3 Å². The first-order valence-corrected chi connectivity index (χ1v) is 9.37. The summed E-state index contributed by atoms with van der Waals surface area (Å²) in [5.41, 5.74) is 0. The van der Waals surface area contributed by atoms with Gasteiger partial charge in [-0.05, 0) is 44.2 Å². The van der Waals surface area contributed by atoms with Crippen molar-refractivity contribution in [1.29, 1.82) is 0 Å². The summed E-state index contributed by atoms with van der Waals surface area (Å²) >= 11 is 1.58. The molecule has 0 aromatic carbocycles. The number of hydrogen-bond donors (Lipinski definition) is 2. The molecular formula is C13H22N2O2S2. The van der Waals surface area contributed by atoms with Crippen molar-refractivity contribution in [2.24, 2.45) is 0 Å². The molecule has 1 aliphatic rings. The van der Waals surface area contributed by atoms with E-state index in [-0.39, 0.29) is 11.8 Å². The molecule has 2 rings (SSSR count). The third-order valence-electron chi connectivity index (χ3n) is 3.47. The van der Waals surface area contributed by atoms with E-state index in [9.17, 15) is 8.42 Å². The Labute approximate surface area is 119 Å². The molecule has 0 radical (unpaired) electrons. The third kappa shape index (κ3) is 4.87. The zero-order valence-corrected chi connectivity index (χ0v) is 12.9. The van der Waals surface area contributed by atoms with E-state index in [2.05, 4.69) is 10.0 Å². The fraction of sp³-hybridized carbons (Fsp3) is 0.692. The summed E-state index contributed by atoms with van der Waals surface area (Å²) in [6.07, 6.45) is 4.20. The summed E-state index contributed by atoms with van der Waals surface area (Å²) in [4.78, 5) is 1.05. The molecule has 2 unspecified atom stereocenters. The van der Waals surface area contributed by atoms with Crippen molar-refractivity contribution in [2.45, 2.75) is 44.7 Å². The molecule has 4 nitrogen and oxygen atoms in total. The second-order valence-corrected chi connectivity index (χ2v) is 7.96. The van der Waals surface area contributed by atoms with Crippen molar-refractivity contribution < 1.29 is 8.42 Å². The van der Waals surface area contributed by atoms with E-state index in [1.54, 1.807) is 11.3 Å². The zero-order chi connectivity index (χ0) is 13.7. The molecule has 0 saturated carbocycles. The maximum atomic E-state index is 12.0. The zero-order valence-electron chi connectivity index (χ0n) is 11.3. The molecule has 19 heavy (non-hydrogen) atoms. The Balaban J connectivity index is 1.81. The van der Waals surface area contributed by atoms with Crippen LogP contribution in [0.15, 0.2) is 17.5 Å². The predicted molar refractivity (Wildman–Crippen MR) is 79.9 cm³/mol. The molecule has 6 heteroatoms. The molecule has 0 amide bonds. The maximum absolute atomic E-state index is 12.0. The van der Waals surface area contributed by atoms with Crippen LogP contribution < -0.4 is 10.0 Å². The van der Waals surface area contributed by atoms with Crippen molar-refractivity contribution >= 4 is 21.4 Å². The van der Waals surface area contributed by atoms with E-state index < -0.39 is 10.0 Å². The van der Waals surface area contributed by atoms with Gasteiger partial charge in [0.25, 0.3) is 0 Å². The summed E-state index contributed by atoms with van der Waals surface area (Å²) in [5.74, 6) is 0.209. The first kappa shape index (κ1) is 15.0. The van der Waals surface area contributed by atoms with Crippen LogP contribution in [0.1, 0.15) is 43.5 Å². The van der Waals surface area contributed by atoms with Crippen molar-refractivity contribution in [3.63, 3.8) is 0 Å². The molecule has 1 aromatic heterocycles. The highest BCUT2D eigenvalue weighted by molar-refractivity contribution is 7.89. The van der Waals surface area contributed by atoms with Crippen molar-refractivity contribution in [3.8, 4) is 0 Å². The lowest BCUT2D eigenvalue weighted by molar-refractivity contribution is 0.392. The van der Waals surface area contributed by atoms with Crippen LogP contribution in [-0.2, 0) is 10.0 Å². The van der Waals surface area contributed by atoms with E-state index in [4.69, 9.17) is 0 Å². The van der Waals surface area contributed by atoms with Crippen LogP contribution in [0.5, 0.6) is 0 Å². The van der Waals surface area contributed by atoms with Crippen LogP contribution in [-0.4, -0.2) is 26.8 Å². The van der Waals surface area contributed by atoms with Crippen molar-refractivity contribution in [1.82, 2.24) is 10.0 Å². The van der Waals surface area contributed by atoms with Crippen molar-refractivity contribution in [3.05, 3.63) is 22.4 Å². The Morgan fingerprint density at radius 1 is 1.53 bits per heavy atom. The largest absolute Gasteiger partial charge is 0.314 e. The normalized spacial score (nSPS) is 22.3. The number of hydrogen-bond acceptors (Lipinski definition) is 4. The summed E-state index contributed by atoms with van der Waals surface area (Å²) in [6, 6.07) is 4.13. The third-order valence-corrected chi connectivity index (χ3v) is 6.01. The highest BCUT2D eigenvalue weighted by Crippen LogP contribution is 2.19. The van der Waals surface area contributed by atoms with E-state index >= 15 is 0 Å². The molecule has 0 aliphatic carbocycles. The number of piperidine rings is 1. The van der Waals surface area contributed by atoms with Crippen molar-refractivity contribution in [2.75, 3.05) is 12.3 Å². The summed E-state index contributed by atoms with van der Waals surface area (Å²) in [7, 11) is -3.19. The van der Waals surface area contributed by atoms with E-state index in [1.807, 2.05) is 24.4 Å². The van der Waals surface area contributed by atoms with Gasteiger partial charge in [-0.25, -0.2) is 13.1 Å². The molecule has 0 bridgehead atoms. The van der Waals surface area contributed by atoms with E-state index in [0.717, 1.165) is 17.8 Å². The van der Waals surface area contributed by atoms with Gasteiger partial charge < -0.3 is 5.32 Å². The Morgan fingerprint density at radius 2 is 2.37 bits per heavy atom. The molecule has 2 atom stereocenters. The minimum atomic E-state index is -3.19. The Bertz CT molecular complexity index is 465. The predicted octanol–water partition coefficient (Wildman–Crippen LogP) is 2.26. The molecule has 108 valence electrons. The van der Waals surface area contributed by atoms with Crippen LogP contribution in [0.3, 0.4) is 0 Å². The first-order chi connectivity index (χ1) is 9.07. The summed E-state index contributed by atoms with van der Waals surface area (Å²) in [6.45, 7) is 2.91. The Hall–Kier alpha value is -0.430. The summed E-state index contributed by atoms with van der Waals surface area (Å²) in [5, 5.41) is 5.35. The molecule has 1 fully saturated rings. The molecule has 1 saturated heterocycles. The monoisotopic (exact) mass is 302 g/mol. The summed E-state index contributed by atoms with van der Waals surface area (Å²) < 4.78 is 26.8. The molecule has 1 aromatic rings. The topological polar surface area (TPSA) is 58.2 Å². The molecule has 0 spiro atoms. The van der Waals surface area contributed by atoms with E-state index in [1.165, 1.54) is 12.8 Å². The van der Waals surface area contributed by atoms with Gasteiger partial charge in [0.2, 0.25) is 10.0 Å². The van der Waals surface area contributed by atoms with Gasteiger partial charge in [0, 0.05) is 10.9 Å². The Kier molecular flexibility index (Phi) is 5.38. The van der Waals surface area contributed by atoms with Gasteiger partial charge in [0.1, 0.15) is 0 Å². The molecule has 2 heterocycles. The van der Waals surface area contributed by atoms with Crippen LogP contribution in [0.2, 0.25) is 0 Å². The highest BCUT2D eigenvalue weighted by atomic mass is 32.2. The van der Waals surface area contributed by atoms with Gasteiger partial charge in [-0.2, -0.15) is 0 Å². The smallest absolute Gasteiger partial charge is 0.212 e. The minimum Gasteiger partial charge on any atom is -0.314 e. The lowest BCUT2D eigenvalue weighted by Gasteiger charge is -2.23. The van der Waals surface area contributed by atoms with Crippen LogP contribution in [0, 0.1) is 0 Å². The minimum absolute atomic E-state index is 0.135. The standard InChI is InChI=1S/C13H22N2O2S2/c1-11(13-6-4-9-18-13)15-19(16,17)10-7-12-5-2-3-8-14-12/h4,6,9,11-12,14-15H,2-3,5,7-8,10H2,1H3. The van der Waals surface area contributed by atoms with Gasteiger partial charge in [0.15, 0.2) is 0 Å². The quantitative estimate of drug-likeness (QED) is 0.847. The number of nitrogens with one attached hydrogen (secondary N) is 2. The second kappa shape index (κ2) is 6.83. The highest BCUT2D eigenvalue weighted by Gasteiger charge is 2.19. The second-order valence-electron chi connectivity index (χ2n) is 5.11. The maximum Gasteiger partial charge on any atom is 0.212 e. The van der Waals surface area contributed by atoms with Gasteiger partial charge >= 0.3 is 0 Å². The Morgan fingerprint density at radius 3 is 3.00 bits per heavy atom. The lowest BCUT2D eigenvalue weighted by atomic mass is 10.0. The number of sulfonamides is 1. The van der Waals surface area contributed by atoms with E-state index in [0.29, 0.717) is 12.5 Å². The molecule has 2 N–H and O–H groups in total. The lowest BCUT2D eigenvalue weighted by Crippen LogP contribution is -2.37. The average Bonchev–Trinajstić information content (AvgIpc) is 2.91. The number of thiophene rings is 1. The average molecular weight is 302 g/mol. The molecule has 1 aliphatic heterocycles. The molecular weight excluding hydrogens is 280 g/mol. The van der Waals surface area contributed by atoms with Gasteiger partial charge in [-0.3, -0.25) is 0 Å².